The Morgan fingerprint density at radius 3 is 2.65 bits per heavy atom. The van der Waals surface area contributed by atoms with Gasteiger partial charge >= 0.3 is 0 Å². The van der Waals surface area contributed by atoms with Gasteiger partial charge in [0.1, 0.15) is 24.3 Å². The summed E-state index contributed by atoms with van der Waals surface area (Å²) in [5, 5.41) is 13.4. The van der Waals surface area contributed by atoms with Crippen LogP contribution in [0, 0.1) is 17.2 Å². The fraction of sp³-hybridized carbons (Fsp3) is 0.480. The Hall–Kier alpha value is -3.51. The largest absolute Gasteiger partial charge is 0.371 e. The third-order valence-corrected chi connectivity index (χ3v) is 7.26. The Labute approximate surface area is 198 Å². The van der Waals surface area contributed by atoms with Crippen molar-refractivity contribution in [1.82, 2.24) is 24.5 Å². The minimum Gasteiger partial charge on any atom is -0.371 e. The van der Waals surface area contributed by atoms with E-state index in [-0.39, 0.29) is 24.1 Å². The first kappa shape index (κ1) is 21.1. The van der Waals surface area contributed by atoms with E-state index >= 15 is 0 Å². The highest BCUT2D eigenvalue weighted by molar-refractivity contribution is 5.77. The van der Waals surface area contributed by atoms with Crippen molar-refractivity contribution in [2.24, 2.45) is 5.92 Å². The Bertz CT molecular complexity index is 1220. The van der Waals surface area contributed by atoms with E-state index in [1.165, 1.54) is 0 Å². The molecular weight excluding hydrogens is 430 g/mol. The van der Waals surface area contributed by atoms with Crippen molar-refractivity contribution < 1.29 is 9.53 Å². The van der Waals surface area contributed by atoms with Crippen LogP contribution in [0.2, 0.25) is 0 Å². The first-order valence-corrected chi connectivity index (χ1v) is 12.0. The fourth-order valence-corrected chi connectivity index (χ4v) is 5.46. The van der Waals surface area contributed by atoms with Crippen LogP contribution in [0.4, 0.5) is 5.82 Å². The first-order chi connectivity index (χ1) is 16.7. The van der Waals surface area contributed by atoms with Crippen molar-refractivity contribution in [1.29, 1.82) is 5.26 Å². The second-order valence-corrected chi connectivity index (χ2v) is 9.47. The third-order valence-electron chi connectivity index (χ3n) is 7.26. The zero-order valence-corrected chi connectivity index (χ0v) is 19.0. The van der Waals surface area contributed by atoms with E-state index in [1.54, 1.807) is 12.5 Å². The molecule has 3 aliphatic rings. The molecule has 1 aliphatic carbocycles. The van der Waals surface area contributed by atoms with Gasteiger partial charge in [-0.25, -0.2) is 14.5 Å². The van der Waals surface area contributed by atoms with Gasteiger partial charge in [0.05, 0.1) is 24.3 Å². The molecule has 1 amide bonds. The highest BCUT2D eigenvalue weighted by atomic mass is 16.5. The molecule has 6 rings (SSSR count). The van der Waals surface area contributed by atoms with Gasteiger partial charge in [0.2, 0.25) is 5.91 Å². The third kappa shape index (κ3) is 3.88. The molecule has 3 atom stereocenters. The van der Waals surface area contributed by atoms with E-state index in [9.17, 15) is 4.79 Å². The molecule has 5 heterocycles. The summed E-state index contributed by atoms with van der Waals surface area (Å²) in [5.74, 6) is 1.53. The number of amides is 1. The molecule has 2 aliphatic heterocycles. The number of hydrogen-bond donors (Lipinski definition) is 0. The van der Waals surface area contributed by atoms with Crippen LogP contribution in [0.3, 0.4) is 0 Å². The highest BCUT2D eigenvalue weighted by Crippen LogP contribution is 2.43. The lowest BCUT2D eigenvalue weighted by Gasteiger charge is -2.41. The Morgan fingerprint density at radius 1 is 1.12 bits per heavy atom. The molecule has 0 radical (unpaired) electrons. The maximum Gasteiger partial charge on any atom is 0.225 e. The average molecular weight is 458 g/mol. The van der Waals surface area contributed by atoms with E-state index in [4.69, 9.17) is 10.00 Å². The van der Waals surface area contributed by atoms with Crippen molar-refractivity contribution in [3.63, 3.8) is 0 Å². The highest BCUT2D eigenvalue weighted by Gasteiger charge is 2.42. The summed E-state index contributed by atoms with van der Waals surface area (Å²) in [7, 11) is 0. The molecule has 0 spiro atoms. The van der Waals surface area contributed by atoms with E-state index < -0.39 is 0 Å². The summed E-state index contributed by atoms with van der Waals surface area (Å²) < 4.78 is 8.14. The topological polar surface area (TPSA) is 99.7 Å². The average Bonchev–Trinajstić information content (AvgIpc) is 3.53. The normalized spacial score (nSPS) is 22.7. The number of ether oxygens (including phenoxy) is 1. The standard InChI is InChI=1S/C25H27N7O2/c26-12-17-4-9-22(27-13-17)31-19-7-8-20(31)15-30(14-19)24(33)10-11-34-25(18-5-6-18)21-2-1-3-23-28-16-29-32(21)23/h1-4,9,13,16,18-20,25H,5-8,10-11,14-15H2/t19-,20?,25?/m0/s1. The number of nitrogens with zero attached hydrogens (tertiary/aromatic N) is 7. The minimum absolute atomic E-state index is 0.0614. The molecule has 3 fully saturated rings. The van der Waals surface area contributed by atoms with Crippen molar-refractivity contribution in [2.75, 3.05) is 24.6 Å². The number of aromatic nitrogens is 4. The smallest absolute Gasteiger partial charge is 0.225 e. The molecule has 2 bridgehead atoms. The molecule has 0 N–H and O–H groups in total. The van der Waals surface area contributed by atoms with Crippen LogP contribution in [-0.2, 0) is 9.53 Å². The van der Waals surface area contributed by atoms with E-state index in [2.05, 4.69) is 26.0 Å². The molecule has 174 valence electrons. The zero-order valence-electron chi connectivity index (χ0n) is 19.0. The second kappa shape index (κ2) is 8.69. The van der Waals surface area contributed by atoms with Crippen molar-refractivity contribution in [3.05, 3.63) is 54.1 Å². The summed E-state index contributed by atoms with van der Waals surface area (Å²) >= 11 is 0. The van der Waals surface area contributed by atoms with Gasteiger partial charge in [0.25, 0.3) is 0 Å². The van der Waals surface area contributed by atoms with E-state index in [0.717, 1.165) is 42.8 Å². The lowest BCUT2D eigenvalue weighted by atomic mass is 10.1. The number of nitriles is 1. The van der Waals surface area contributed by atoms with Crippen LogP contribution < -0.4 is 4.90 Å². The van der Waals surface area contributed by atoms with Gasteiger partial charge in [0.15, 0.2) is 5.65 Å². The number of piperazine rings is 1. The number of hydrogen-bond acceptors (Lipinski definition) is 7. The van der Waals surface area contributed by atoms with Crippen LogP contribution in [0.15, 0.2) is 42.9 Å². The molecule has 1 saturated carbocycles. The molecule has 34 heavy (non-hydrogen) atoms. The Morgan fingerprint density at radius 2 is 1.94 bits per heavy atom. The quantitative estimate of drug-likeness (QED) is 0.538. The molecule has 3 aromatic heterocycles. The van der Waals surface area contributed by atoms with Crippen LogP contribution in [0.1, 0.15) is 49.5 Å². The first-order valence-electron chi connectivity index (χ1n) is 12.0. The van der Waals surface area contributed by atoms with Gasteiger partial charge in [-0.15, -0.1) is 0 Å². The summed E-state index contributed by atoms with van der Waals surface area (Å²) in [6.07, 6.45) is 7.89. The van der Waals surface area contributed by atoms with Gasteiger partial charge in [0, 0.05) is 31.4 Å². The fourth-order valence-electron chi connectivity index (χ4n) is 5.46. The summed E-state index contributed by atoms with van der Waals surface area (Å²) in [6, 6.07) is 12.4. The number of pyridine rings is 2. The van der Waals surface area contributed by atoms with Gasteiger partial charge in [-0.1, -0.05) is 6.07 Å². The van der Waals surface area contributed by atoms with E-state index in [0.29, 0.717) is 37.6 Å². The monoisotopic (exact) mass is 457 g/mol. The molecule has 2 unspecified atom stereocenters. The van der Waals surface area contributed by atoms with Gasteiger partial charge in [-0.05, 0) is 55.9 Å². The number of carbonyl (C=O) groups is 1. The Balaban J connectivity index is 1.07. The van der Waals surface area contributed by atoms with Crippen molar-refractivity contribution in [2.45, 2.75) is 50.3 Å². The number of carbonyl (C=O) groups excluding carboxylic acids is 1. The summed E-state index contributed by atoms with van der Waals surface area (Å²) in [4.78, 5) is 26.2. The number of fused-ring (bicyclic) bond motifs is 3. The molecule has 3 aromatic rings. The van der Waals surface area contributed by atoms with Crippen LogP contribution >= 0.6 is 0 Å². The van der Waals surface area contributed by atoms with Crippen molar-refractivity contribution in [3.8, 4) is 6.07 Å². The molecule has 0 aromatic carbocycles. The molecule has 2 saturated heterocycles. The predicted octanol–water partition coefficient (Wildman–Crippen LogP) is 2.73. The molecule has 9 nitrogen and oxygen atoms in total. The van der Waals surface area contributed by atoms with E-state index in [1.807, 2.05) is 39.7 Å². The minimum atomic E-state index is -0.0614. The zero-order chi connectivity index (χ0) is 23.1. The molecular formula is C25H27N7O2. The number of anilines is 1. The summed E-state index contributed by atoms with van der Waals surface area (Å²) in [5.41, 5.74) is 2.38. The van der Waals surface area contributed by atoms with Gasteiger partial charge in [-0.2, -0.15) is 10.4 Å². The molecule has 9 heteroatoms. The van der Waals surface area contributed by atoms with Gasteiger partial charge in [-0.3, -0.25) is 4.79 Å². The SMILES string of the molecule is N#Cc1ccc(N2C3CC[C@H]2CN(C(=O)CCOC(c2cccc4ncnn24)C2CC2)C3)nc1. The lowest BCUT2D eigenvalue weighted by molar-refractivity contribution is -0.134. The maximum atomic E-state index is 13.1. The number of rotatable bonds is 7. The number of likely N-dealkylation sites (tertiary alicyclic amines) is 1. The van der Waals surface area contributed by atoms with Crippen LogP contribution in [0.25, 0.3) is 5.65 Å². The predicted molar refractivity (Wildman–Crippen MR) is 124 cm³/mol. The Kier molecular flexibility index (Phi) is 5.38. The maximum absolute atomic E-state index is 13.1. The van der Waals surface area contributed by atoms with Crippen molar-refractivity contribution >= 4 is 17.4 Å². The van der Waals surface area contributed by atoms with Crippen LogP contribution in [-0.4, -0.2) is 62.2 Å². The lowest BCUT2D eigenvalue weighted by Crippen LogP contribution is -2.55. The summed E-state index contributed by atoms with van der Waals surface area (Å²) in [6.45, 7) is 1.82. The second-order valence-electron chi connectivity index (χ2n) is 9.47. The van der Waals surface area contributed by atoms with Crippen LogP contribution in [0.5, 0.6) is 0 Å². The van der Waals surface area contributed by atoms with Gasteiger partial charge < -0.3 is 14.5 Å².